The number of rotatable bonds is 1. The molecule has 0 spiro atoms. The van der Waals surface area contributed by atoms with Gasteiger partial charge in [0, 0.05) is 17.8 Å². The molecular formula is C13H12N2O2. The second-order valence-corrected chi connectivity index (χ2v) is 4.08. The molecule has 0 saturated heterocycles. The number of hydrogen-bond acceptors (Lipinski definition) is 4. The Morgan fingerprint density at radius 2 is 2.24 bits per heavy atom. The lowest BCUT2D eigenvalue weighted by molar-refractivity contribution is -0.132. The summed E-state index contributed by atoms with van der Waals surface area (Å²) in [4.78, 5) is 15.8. The summed E-state index contributed by atoms with van der Waals surface area (Å²) in [5, 5.41) is 3.32. The fraction of sp³-hybridized carbons (Fsp3) is 0.231. The molecule has 2 atom stereocenters. The molecule has 2 unspecified atom stereocenters. The first-order chi connectivity index (χ1) is 8.31. The molecule has 1 N–H and O–H groups in total. The lowest BCUT2D eigenvalue weighted by atomic mass is 9.91. The quantitative estimate of drug-likeness (QED) is 0.744. The zero-order chi connectivity index (χ0) is 11.8. The average molecular weight is 228 g/mol. The van der Waals surface area contributed by atoms with Gasteiger partial charge in [0.05, 0.1) is 13.2 Å². The Hall–Kier alpha value is -2.10. The van der Waals surface area contributed by atoms with Crippen LogP contribution in [-0.4, -0.2) is 24.8 Å². The highest BCUT2D eigenvalue weighted by Crippen LogP contribution is 2.38. The van der Waals surface area contributed by atoms with Gasteiger partial charge in [0.1, 0.15) is 5.71 Å². The van der Waals surface area contributed by atoms with Gasteiger partial charge in [-0.05, 0) is 11.6 Å². The van der Waals surface area contributed by atoms with E-state index in [-0.39, 0.29) is 17.9 Å². The molecule has 0 fully saturated rings. The van der Waals surface area contributed by atoms with Crippen LogP contribution in [0.2, 0.25) is 0 Å². The van der Waals surface area contributed by atoms with E-state index < -0.39 is 0 Å². The standard InChI is InChI=1S/C13H12N2O2/c1-17-13(16)12-11-9(6-7-14-12)8-4-2-3-5-10(8)15-11/h2-7,9,11,15H,1H3. The third-order valence-corrected chi connectivity index (χ3v) is 3.19. The zero-order valence-corrected chi connectivity index (χ0v) is 9.38. The SMILES string of the molecule is COC(=O)C1=NC=CC2c3ccccc3NC12. The van der Waals surface area contributed by atoms with Gasteiger partial charge in [0.25, 0.3) is 0 Å². The molecule has 0 saturated carbocycles. The maximum absolute atomic E-state index is 11.6. The maximum atomic E-state index is 11.6. The summed E-state index contributed by atoms with van der Waals surface area (Å²) in [6.45, 7) is 0. The minimum Gasteiger partial charge on any atom is -0.464 e. The molecular weight excluding hydrogens is 216 g/mol. The fourth-order valence-electron chi connectivity index (χ4n) is 2.39. The molecule has 0 aromatic heterocycles. The van der Waals surface area contributed by atoms with E-state index in [9.17, 15) is 4.79 Å². The summed E-state index contributed by atoms with van der Waals surface area (Å²) in [6, 6.07) is 7.95. The van der Waals surface area contributed by atoms with Crippen LogP contribution in [0, 0.1) is 0 Å². The Bertz CT molecular complexity index is 534. The van der Waals surface area contributed by atoms with E-state index in [2.05, 4.69) is 16.4 Å². The number of para-hydroxylation sites is 1. The summed E-state index contributed by atoms with van der Waals surface area (Å²) < 4.78 is 4.75. The van der Waals surface area contributed by atoms with E-state index in [0.717, 1.165) is 5.69 Å². The van der Waals surface area contributed by atoms with Gasteiger partial charge in [-0.1, -0.05) is 24.3 Å². The molecule has 86 valence electrons. The molecule has 4 nitrogen and oxygen atoms in total. The van der Waals surface area contributed by atoms with Crippen molar-refractivity contribution in [3.05, 3.63) is 42.1 Å². The number of anilines is 1. The molecule has 4 heteroatoms. The number of esters is 1. The molecule has 0 amide bonds. The average Bonchev–Trinajstić information content (AvgIpc) is 2.76. The normalized spacial score (nSPS) is 24.4. The number of carbonyl (C=O) groups excluding carboxylic acids is 1. The number of aliphatic imine (C=N–C) groups is 1. The van der Waals surface area contributed by atoms with Crippen LogP contribution in [0.1, 0.15) is 11.5 Å². The molecule has 1 aromatic rings. The van der Waals surface area contributed by atoms with E-state index in [4.69, 9.17) is 4.74 Å². The van der Waals surface area contributed by atoms with Gasteiger partial charge in [-0.25, -0.2) is 4.79 Å². The van der Waals surface area contributed by atoms with Crippen LogP contribution in [0.25, 0.3) is 0 Å². The fourth-order valence-corrected chi connectivity index (χ4v) is 2.39. The summed E-state index contributed by atoms with van der Waals surface area (Å²) in [5.41, 5.74) is 2.70. The highest BCUT2D eigenvalue weighted by molar-refractivity contribution is 6.40. The molecule has 1 aromatic carbocycles. The van der Waals surface area contributed by atoms with Gasteiger partial charge in [-0.3, -0.25) is 4.99 Å². The summed E-state index contributed by atoms with van der Waals surface area (Å²) >= 11 is 0. The minimum absolute atomic E-state index is 0.107. The second-order valence-electron chi connectivity index (χ2n) is 4.08. The van der Waals surface area contributed by atoms with Gasteiger partial charge in [0.15, 0.2) is 0 Å². The predicted octanol–water partition coefficient (Wildman–Crippen LogP) is 1.71. The van der Waals surface area contributed by atoms with Crippen molar-refractivity contribution in [2.75, 3.05) is 12.4 Å². The van der Waals surface area contributed by atoms with Crippen LogP contribution >= 0.6 is 0 Å². The van der Waals surface area contributed by atoms with E-state index in [1.165, 1.54) is 12.7 Å². The highest BCUT2D eigenvalue weighted by Gasteiger charge is 2.38. The van der Waals surface area contributed by atoms with Crippen LogP contribution in [-0.2, 0) is 9.53 Å². The summed E-state index contributed by atoms with van der Waals surface area (Å²) in [5.74, 6) is -0.206. The number of carbonyl (C=O) groups is 1. The molecule has 0 bridgehead atoms. The molecule has 2 aliphatic heterocycles. The molecule has 3 rings (SSSR count). The van der Waals surface area contributed by atoms with Crippen LogP contribution in [0.15, 0.2) is 41.5 Å². The number of hydrogen-bond donors (Lipinski definition) is 1. The zero-order valence-electron chi connectivity index (χ0n) is 9.38. The Morgan fingerprint density at radius 3 is 3.06 bits per heavy atom. The van der Waals surface area contributed by atoms with Crippen LogP contribution in [0.5, 0.6) is 0 Å². The smallest absolute Gasteiger partial charge is 0.354 e. The predicted molar refractivity (Wildman–Crippen MR) is 65.2 cm³/mol. The van der Waals surface area contributed by atoms with E-state index in [1.54, 1.807) is 6.20 Å². The summed E-state index contributed by atoms with van der Waals surface area (Å²) in [6.07, 6.45) is 3.69. The van der Waals surface area contributed by atoms with Crippen LogP contribution in [0.4, 0.5) is 5.69 Å². The number of nitrogens with one attached hydrogen (secondary N) is 1. The number of benzene rings is 1. The molecule has 17 heavy (non-hydrogen) atoms. The van der Waals surface area contributed by atoms with Crippen molar-refractivity contribution in [2.24, 2.45) is 4.99 Å². The summed E-state index contributed by atoms with van der Waals surface area (Å²) in [7, 11) is 1.38. The van der Waals surface area contributed by atoms with Gasteiger partial charge in [0.2, 0.25) is 0 Å². The third-order valence-electron chi connectivity index (χ3n) is 3.19. The largest absolute Gasteiger partial charge is 0.464 e. The van der Waals surface area contributed by atoms with Crippen molar-refractivity contribution in [1.29, 1.82) is 0 Å². The van der Waals surface area contributed by atoms with Crippen molar-refractivity contribution in [1.82, 2.24) is 0 Å². The number of fused-ring (bicyclic) bond motifs is 3. The van der Waals surface area contributed by atoms with E-state index in [0.29, 0.717) is 5.71 Å². The lowest BCUT2D eigenvalue weighted by Gasteiger charge is -2.20. The lowest BCUT2D eigenvalue weighted by Crippen LogP contribution is -2.37. The Labute approximate surface area is 99.0 Å². The van der Waals surface area contributed by atoms with Crippen molar-refractivity contribution < 1.29 is 9.53 Å². The van der Waals surface area contributed by atoms with Gasteiger partial charge in [-0.15, -0.1) is 0 Å². The van der Waals surface area contributed by atoms with Crippen LogP contribution in [0.3, 0.4) is 0 Å². The van der Waals surface area contributed by atoms with Gasteiger partial charge in [-0.2, -0.15) is 0 Å². The topological polar surface area (TPSA) is 50.7 Å². The second kappa shape index (κ2) is 3.73. The van der Waals surface area contributed by atoms with Crippen molar-refractivity contribution >= 4 is 17.4 Å². The Kier molecular flexibility index (Phi) is 2.21. The van der Waals surface area contributed by atoms with Crippen molar-refractivity contribution in [3.8, 4) is 0 Å². The monoisotopic (exact) mass is 228 g/mol. The molecule has 2 heterocycles. The number of ether oxygens (including phenoxy) is 1. The van der Waals surface area contributed by atoms with Crippen LogP contribution < -0.4 is 5.32 Å². The molecule has 2 aliphatic rings. The maximum Gasteiger partial charge on any atom is 0.354 e. The highest BCUT2D eigenvalue weighted by atomic mass is 16.5. The third kappa shape index (κ3) is 1.45. The van der Waals surface area contributed by atoms with Gasteiger partial charge < -0.3 is 10.1 Å². The minimum atomic E-state index is -0.371. The van der Waals surface area contributed by atoms with Gasteiger partial charge >= 0.3 is 5.97 Å². The number of nitrogens with zero attached hydrogens (tertiary/aromatic N) is 1. The Morgan fingerprint density at radius 1 is 1.41 bits per heavy atom. The first-order valence-electron chi connectivity index (χ1n) is 5.49. The van der Waals surface area contributed by atoms with Crippen molar-refractivity contribution in [2.45, 2.75) is 12.0 Å². The number of methoxy groups -OCH3 is 1. The molecule has 0 radical (unpaired) electrons. The van der Waals surface area contributed by atoms with E-state index in [1.807, 2.05) is 24.3 Å². The Balaban J connectivity index is 2.01. The molecule has 0 aliphatic carbocycles. The first kappa shape index (κ1) is 10.1. The first-order valence-corrected chi connectivity index (χ1v) is 5.49. The van der Waals surface area contributed by atoms with E-state index >= 15 is 0 Å². The van der Waals surface area contributed by atoms with Crippen molar-refractivity contribution in [3.63, 3.8) is 0 Å².